The Morgan fingerprint density at radius 1 is 1.16 bits per heavy atom. The first-order chi connectivity index (χ1) is 9.24. The largest absolute Gasteiger partial charge is 0.489 e. The normalized spacial score (nSPS) is 10.8. The molecule has 1 N–H and O–H groups in total. The van der Waals surface area contributed by atoms with Crippen molar-refractivity contribution in [2.24, 2.45) is 0 Å². The van der Waals surface area contributed by atoms with Crippen molar-refractivity contribution in [2.75, 3.05) is 0 Å². The van der Waals surface area contributed by atoms with Gasteiger partial charge < -0.3 is 9.72 Å². The van der Waals surface area contributed by atoms with E-state index in [0.29, 0.717) is 6.61 Å². The number of rotatable bonds is 3. The Bertz CT molecular complexity index is 718. The quantitative estimate of drug-likeness (QED) is 0.736. The van der Waals surface area contributed by atoms with E-state index in [1.807, 2.05) is 36.5 Å². The molecule has 0 radical (unpaired) electrons. The molecule has 3 heteroatoms. The summed E-state index contributed by atoms with van der Waals surface area (Å²) in [5.74, 6) is 0.907. The Kier molecular flexibility index (Phi) is 3.30. The maximum absolute atomic E-state index is 5.84. The summed E-state index contributed by atoms with van der Waals surface area (Å²) in [4.78, 5) is 3.28. The molecule has 0 fully saturated rings. The fraction of sp³-hybridized carbons (Fsp3) is 0.125. The number of aromatic amines is 1. The molecule has 1 heterocycles. The molecule has 2 aromatic carbocycles. The number of H-pyrrole nitrogens is 1. The van der Waals surface area contributed by atoms with Crippen molar-refractivity contribution >= 4 is 26.8 Å². The topological polar surface area (TPSA) is 25.0 Å². The first kappa shape index (κ1) is 12.3. The lowest BCUT2D eigenvalue weighted by Gasteiger charge is -2.06. The van der Waals surface area contributed by atoms with Gasteiger partial charge in [-0.05, 0) is 46.6 Å². The molecule has 2 nitrogen and oxygen atoms in total. The third-order valence-corrected chi connectivity index (χ3v) is 3.80. The first-order valence-electron chi connectivity index (χ1n) is 6.18. The van der Waals surface area contributed by atoms with Crippen LogP contribution in [0.2, 0.25) is 0 Å². The number of para-hydroxylation sites is 1. The van der Waals surface area contributed by atoms with Gasteiger partial charge >= 0.3 is 0 Å². The molecular weight excluding hydrogens is 302 g/mol. The van der Waals surface area contributed by atoms with Crippen molar-refractivity contribution in [1.29, 1.82) is 0 Å². The van der Waals surface area contributed by atoms with E-state index in [9.17, 15) is 0 Å². The molecule has 0 atom stereocenters. The summed E-state index contributed by atoms with van der Waals surface area (Å²) < 4.78 is 6.92. The Morgan fingerprint density at radius 3 is 2.84 bits per heavy atom. The minimum atomic E-state index is 0.569. The molecule has 19 heavy (non-hydrogen) atoms. The summed E-state index contributed by atoms with van der Waals surface area (Å²) in [6.45, 7) is 2.63. The number of benzene rings is 2. The van der Waals surface area contributed by atoms with Crippen molar-refractivity contribution in [1.82, 2.24) is 4.98 Å². The average molecular weight is 316 g/mol. The molecule has 0 bridgehead atoms. The molecule has 1 aromatic heterocycles. The summed E-state index contributed by atoms with van der Waals surface area (Å²) >= 11 is 3.54. The molecule has 0 aliphatic heterocycles. The lowest BCUT2D eigenvalue weighted by molar-refractivity contribution is 0.307. The van der Waals surface area contributed by atoms with Crippen LogP contribution in [-0.4, -0.2) is 4.98 Å². The highest BCUT2D eigenvalue weighted by atomic mass is 79.9. The number of fused-ring (bicyclic) bond motifs is 1. The highest BCUT2D eigenvalue weighted by molar-refractivity contribution is 9.10. The standard InChI is InChI=1S/C16H14BrNO/c1-11-4-2-5-13(8-11)19-10-12-9-18-16-14(12)6-3-7-15(16)17/h2-9,18H,10H2,1H3. The second kappa shape index (κ2) is 5.10. The van der Waals surface area contributed by atoms with Crippen LogP contribution >= 0.6 is 15.9 Å². The van der Waals surface area contributed by atoms with E-state index in [1.165, 1.54) is 10.9 Å². The zero-order chi connectivity index (χ0) is 13.2. The van der Waals surface area contributed by atoms with Gasteiger partial charge in [-0.1, -0.05) is 24.3 Å². The van der Waals surface area contributed by atoms with Gasteiger partial charge in [0.25, 0.3) is 0 Å². The van der Waals surface area contributed by atoms with Crippen LogP contribution in [0.3, 0.4) is 0 Å². The molecule has 3 rings (SSSR count). The fourth-order valence-corrected chi connectivity index (χ4v) is 2.64. The van der Waals surface area contributed by atoms with E-state index in [0.717, 1.165) is 21.3 Å². The number of halogens is 1. The van der Waals surface area contributed by atoms with Crippen LogP contribution in [0, 0.1) is 6.92 Å². The van der Waals surface area contributed by atoms with E-state index < -0.39 is 0 Å². The van der Waals surface area contributed by atoms with Gasteiger partial charge in [0.1, 0.15) is 12.4 Å². The van der Waals surface area contributed by atoms with Crippen LogP contribution in [0.15, 0.2) is 53.1 Å². The Morgan fingerprint density at radius 2 is 2.00 bits per heavy atom. The number of hydrogen-bond acceptors (Lipinski definition) is 1. The number of nitrogens with one attached hydrogen (secondary N) is 1. The van der Waals surface area contributed by atoms with Crippen LogP contribution in [0.25, 0.3) is 10.9 Å². The molecule has 0 unspecified atom stereocenters. The molecule has 0 saturated heterocycles. The van der Waals surface area contributed by atoms with Crippen LogP contribution < -0.4 is 4.74 Å². The van der Waals surface area contributed by atoms with Crippen molar-refractivity contribution < 1.29 is 4.74 Å². The van der Waals surface area contributed by atoms with Crippen LogP contribution in [0.4, 0.5) is 0 Å². The van der Waals surface area contributed by atoms with Crippen LogP contribution in [0.1, 0.15) is 11.1 Å². The molecule has 0 aliphatic rings. The summed E-state index contributed by atoms with van der Waals surface area (Å²) in [6, 6.07) is 14.3. The molecular formula is C16H14BrNO. The number of hydrogen-bond donors (Lipinski definition) is 1. The lowest BCUT2D eigenvalue weighted by Crippen LogP contribution is -1.94. The number of ether oxygens (including phenoxy) is 1. The summed E-state index contributed by atoms with van der Waals surface area (Å²) in [7, 11) is 0. The predicted octanol–water partition coefficient (Wildman–Crippen LogP) is 4.82. The zero-order valence-corrected chi connectivity index (χ0v) is 12.2. The SMILES string of the molecule is Cc1cccc(OCc2c[nH]c3c(Br)cccc23)c1. The monoisotopic (exact) mass is 315 g/mol. The van der Waals surface area contributed by atoms with Gasteiger partial charge in [-0.3, -0.25) is 0 Å². The molecule has 0 spiro atoms. The van der Waals surface area contributed by atoms with E-state index in [-0.39, 0.29) is 0 Å². The third-order valence-electron chi connectivity index (χ3n) is 3.13. The first-order valence-corrected chi connectivity index (χ1v) is 6.97. The number of aromatic nitrogens is 1. The minimum Gasteiger partial charge on any atom is -0.489 e. The van der Waals surface area contributed by atoms with Gasteiger partial charge in [0, 0.05) is 21.6 Å². The third kappa shape index (κ3) is 2.51. The summed E-state index contributed by atoms with van der Waals surface area (Å²) in [5.41, 5.74) is 3.49. The highest BCUT2D eigenvalue weighted by Gasteiger charge is 2.06. The fourth-order valence-electron chi connectivity index (χ4n) is 2.16. The van der Waals surface area contributed by atoms with Crippen molar-refractivity contribution in [3.63, 3.8) is 0 Å². The van der Waals surface area contributed by atoms with Gasteiger partial charge in [-0.25, -0.2) is 0 Å². The molecule has 96 valence electrons. The predicted molar refractivity (Wildman–Crippen MR) is 81.5 cm³/mol. The summed E-state index contributed by atoms with van der Waals surface area (Å²) in [6.07, 6.45) is 2.01. The van der Waals surface area contributed by atoms with E-state index in [1.54, 1.807) is 0 Å². The molecule has 0 aliphatic carbocycles. The smallest absolute Gasteiger partial charge is 0.120 e. The van der Waals surface area contributed by atoms with Crippen molar-refractivity contribution in [3.05, 3.63) is 64.3 Å². The molecule has 0 amide bonds. The minimum absolute atomic E-state index is 0.569. The Labute approximate surface area is 120 Å². The van der Waals surface area contributed by atoms with Gasteiger partial charge in [-0.15, -0.1) is 0 Å². The van der Waals surface area contributed by atoms with E-state index in [2.05, 4.69) is 40.0 Å². The Balaban J connectivity index is 1.84. The highest BCUT2D eigenvalue weighted by Crippen LogP contribution is 2.26. The van der Waals surface area contributed by atoms with Gasteiger partial charge in [-0.2, -0.15) is 0 Å². The maximum Gasteiger partial charge on any atom is 0.120 e. The van der Waals surface area contributed by atoms with Gasteiger partial charge in [0.05, 0.1) is 5.52 Å². The van der Waals surface area contributed by atoms with Crippen LogP contribution in [-0.2, 0) is 6.61 Å². The van der Waals surface area contributed by atoms with E-state index >= 15 is 0 Å². The van der Waals surface area contributed by atoms with Crippen molar-refractivity contribution in [3.8, 4) is 5.75 Å². The van der Waals surface area contributed by atoms with E-state index in [4.69, 9.17) is 4.74 Å². The Hall–Kier alpha value is -1.74. The molecule has 3 aromatic rings. The van der Waals surface area contributed by atoms with Crippen molar-refractivity contribution in [2.45, 2.75) is 13.5 Å². The van der Waals surface area contributed by atoms with Crippen LogP contribution in [0.5, 0.6) is 5.75 Å². The lowest BCUT2D eigenvalue weighted by atomic mass is 10.2. The average Bonchev–Trinajstić information content (AvgIpc) is 2.81. The second-order valence-electron chi connectivity index (χ2n) is 4.58. The summed E-state index contributed by atoms with van der Waals surface area (Å²) in [5, 5.41) is 1.20. The zero-order valence-electron chi connectivity index (χ0n) is 10.6. The maximum atomic E-state index is 5.84. The number of aryl methyl sites for hydroxylation is 1. The molecule has 0 saturated carbocycles. The second-order valence-corrected chi connectivity index (χ2v) is 5.44. The van der Waals surface area contributed by atoms with Gasteiger partial charge in [0.2, 0.25) is 0 Å². The van der Waals surface area contributed by atoms with Gasteiger partial charge in [0.15, 0.2) is 0 Å².